The van der Waals surface area contributed by atoms with Crippen LogP contribution in [0.3, 0.4) is 0 Å². The summed E-state index contributed by atoms with van der Waals surface area (Å²) in [5.74, 6) is 1.69. The third-order valence-corrected chi connectivity index (χ3v) is 3.51. The Morgan fingerprint density at radius 2 is 1.92 bits per heavy atom. The van der Waals surface area contributed by atoms with E-state index in [0.29, 0.717) is 28.6 Å². The van der Waals surface area contributed by atoms with Gasteiger partial charge in [0.1, 0.15) is 5.75 Å². The zero-order valence-corrected chi connectivity index (χ0v) is 14.9. The normalized spacial score (nSPS) is 11.8. The van der Waals surface area contributed by atoms with Crippen LogP contribution in [-0.2, 0) is 11.2 Å². The van der Waals surface area contributed by atoms with E-state index < -0.39 is 0 Å². The maximum absolute atomic E-state index is 12.4. The van der Waals surface area contributed by atoms with Gasteiger partial charge in [0, 0.05) is 17.7 Å². The van der Waals surface area contributed by atoms with E-state index >= 15 is 0 Å². The first-order chi connectivity index (χ1) is 11.5. The molecule has 0 atom stereocenters. The van der Waals surface area contributed by atoms with E-state index in [-0.39, 0.29) is 37.6 Å². The third kappa shape index (κ3) is 4.48. The Bertz CT molecular complexity index is 765. The minimum absolute atomic E-state index is 0. The highest BCUT2D eigenvalue weighted by atomic mass is 35.5. The standard InChI is InChI=1S/C18H20N2O4.ClH/c1-11(2)24-15-6-4-3-5-12(15)7-18(21)20-14-9-17-16(8-13(14)19)22-10-23-17;/h3-6,8-9,11H,7,10,19H2,1-2H3,(H,20,21);1H. The second kappa shape index (κ2) is 7.98. The monoisotopic (exact) mass is 364 g/mol. The number of nitrogens with one attached hydrogen (secondary N) is 1. The number of fused-ring (bicyclic) bond motifs is 1. The van der Waals surface area contributed by atoms with Crippen molar-refractivity contribution in [3.05, 3.63) is 42.0 Å². The first-order valence-corrected chi connectivity index (χ1v) is 7.76. The van der Waals surface area contributed by atoms with E-state index in [4.69, 9.17) is 19.9 Å². The number of carbonyl (C=O) groups is 1. The summed E-state index contributed by atoms with van der Waals surface area (Å²) in [4.78, 5) is 12.4. The van der Waals surface area contributed by atoms with Gasteiger partial charge in [0.25, 0.3) is 0 Å². The summed E-state index contributed by atoms with van der Waals surface area (Å²) in [6.07, 6.45) is 0.232. The lowest BCUT2D eigenvalue weighted by Gasteiger charge is -2.14. The van der Waals surface area contributed by atoms with Crippen LogP contribution in [0.15, 0.2) is 36.4 Å². The van der Waals surface area contributed by atoms with Crippen molar-refractivity contribution >= 4 is 29.7 Å². The fraction of sp³-hybridized carbons (Fsp3) is 0.278. The predicted molar refractivity (Wildman–Crippen MR) is 98.8 cm³/mol. The van der Waals surface area contributed by atoms with E-state index in [9.17, 15) is 4.79 Å². The number of amides is 1. The average molecular weight is 365 g/mol. The highest BCUT2D eigenvalue weighted by Crippen LogP contribution is 2.38. The predicted octanol–water partition coefficient (Wildman–Crippen LogP) is 3.39. The van der Waals surface area contributed by atoms with E-state index in [1.54, 1.807) is 12.1 Å². The highest BCUT2D eigenvalue weighted by Gasteiger charge is 2.18. The summed E-state index contributed by atoms with van der Waals surface area (Å²) in [7, 11) is 0. The summed E-state index contributed by atoms with van der Waals surface area (Å²) in [5.41, 5.74) is 7.71. The molecule has 134 valence electrons. The molecular formula is C18H21ClN2O4. The minimum atomic E-state index is -0.180. The van der Waals surface area contributed by atoms with Gasteiger partial charge in [0.05, 0.1) is 23.9 Å². The van der Waals surface area contributed by atoms with E-state index in [2.05, 4.69) is 5.32 Å². The molecule has 0 saturated carbocycles. The van der Waals surface area contributed by atoms with Crippen LogP contribution in [-0.4, -0.2) is 18.8 Å². The summed E-state index contributed by atoms with van der Waals surface area (Å²) in [6.45, 7) is 4.06. The molecule has 0 saturated heterocycles. The quantitative estimate of drug-likeness (QED) is 0.794. The zero-order valence-electron chi connectivity index (χ0n) is 14.1. The van der Waals surface area contributed by atoms with Gasteiger partial charge in [0.2, 0.25) is 12.7 Å². The van der Waals surface area contributed by atoms with Crippen molar-refractivity contribution in [2.24, 2.45) is 0 Å². The summed E-state index contributed by atoms with van der Waals surface area (Å²) >= 11 is 0. The van der Waals surface area contributed by atoms with Crippen molar-refractivity contribution in [1.29, 1.82) is 0 Å². The number of para-hydroxylation sites is 1. The number of nitrogens with two attached hydrogens (primary N) is 1. The van der Waals surface area contributed by atoms with Gasteiger partial charge in [-0.15, -0.1) is 12.4 Å². The Morgan fingerprint density at radius 1 is 1.24 bits per heavy atom. The lowest BCUT2D eigenvalue weighted by atomic mass is 10.1. The Labute approximate surface area is 152 Å². The molecule has 2 aromatic rings. The number of carbonyl (C=O) groups excluding carboxylic acids is 1. The van der Waals surface area contributed by atoms with Crippen molar-refractivity contribution < 1.29 is 19.0 Å². The first-order valence-electron chi connectivity index (χ1n) is 7.76. The van der Waals surface area contributed by atoms with Gasteiger partial charge < -0.3 is 25.3 Å². The van der Waals surface area contributed by atoms with Gasteiger partial charge >= 0.3 is 0 Å². The van der Waals surface area contributed by atoms with Crippen molar-refractivity contribution in [3.63, 3.8) is 0 Å². The van der Waals surface area contributed by atoms with Crippen LogP contribution in [0.5, 0.6) is 17.2 Å². The molecule has 3 N–H and O–H groups in total. The molecule has 1 aliphatic heterocycles. The Balaban J connectivity index is 0.00000225. The van der Waals surface area contributed by atoms with Crippen LogP contribution < -0.4 is 25.3 Å². The lowest BCUT2D eigenvalue weighted by Crippen LogP contribution is -2.17. The molecule has 0 bridgehead atoms. The number of nitrogen functional groups attached to an aromatic ring is 1. The smallest absolute Gasteiger partial charge is 0.231 e. The first kappa shape index (κ1) is 18.7. The Kier molecular flexibility index (Phi) is 5.98. The fourth-order valence-corrected chi connectivity index (χ4v) is 2.45. The molecule has 6 nitrogen and oxygen atoms in total. The van der Waals surface area contributed by atoms with Crippen LogP contribution >= 0.6 is 12.4 Å². The fourth-order valence-electron chi connectivity index (χ4n) is 2.45. The minimum Gasteiger partial charge on any atom is -0.491 e. The number of hydrogen-bond donors (Lipinski definition) is 2. The molecule has 3 rings (SSSR count). The molecule has 0 aromatic heterocycles. The van der Waals surface area contributed by atoms with Crippen molar-refractivity contribution in [1.82, 2.24) is 0 Å². The number of hydrogen-bond acceptors (Lipinski definition) is 5. The van der Waals surface area contributed by atoms with Crippen LogP contribution in [0.2, 0.25) is 0 Å². The van der Waals surface area contributed by atoms with E-state index in [1.165, 1.54) is 0 Å². The molecule has 0 aliphatic carbocycles. The summed E-state index contributed by atoms with van der Waals surface area (Å²) in [5, 5.41) is 2.81. The molecule has 0 spiro atoms. The molecule has 7 heteroatoms. The van der Waals surface area contributed by atoms with Crippen LogP contribution in [0.25, 0.3) is 0 Å². The second-order valence-corrected chi connectivity index (χ2v) is 5.79. The van der Waals surface area contributed by atoms with Crippen molar-refractivity contribution in [2.75, 3.05) is 17.8 Å². The molecule has 2 aromatic carbocycles. The maximum Gasteiger partial charge on any atom is 0.231 e. The Hall–Kier alpha value is -2.60. The molecule has 25 heavy (non-hydrogen) atoms. The molecule has 1 aliphatic rings. The SMILES string of the molecule is CC(C)Oc1ccccc1CC(=O)Nc1cc2c(cc1N)OCO2.Cl. The number of rotatable bonds is 5. The lowest BCUT2D eigenvalue weighted by molar-refractivity contribution is -0.115. The molecule has 0 fully saturated rings. The number of anilines is 2. The average Bonchev–Trinajstić information content (AvgIpc) is 2.96. The van der Waals surface area contributed by atoms with Crippen LogP contribution in [0.4, 0.5) is 11.4 Å². The van der Waals surface area contributed by atoms with Gasteiger partial charge in [-0.25, -0.2) is 0 Å². The van der Waals surface area contributed by atoms with Crippen molar-refractivity contribution in [2.45, 2.75) is 26.4 Å². The van der Waals surface area contributed by atoms with Gasteiger partial charge in [-0.2, -0.15) is 0 Å². The van der Waals surface area contributed by atoms with Crippen molar-refractivity contribution in [3.8, 4) is 17.2 Å². The third-order valence-electron chi connectivity index (χ3n) is 3.51. The van der Waals surface area contributed by atoms with E-state index in [1.807, 2.05) is 38.1 Å². The summed E-state index contributed by atoms with van der Waals surface area (Å²) in [6, 6.07) is 10.8. The van der Waals surface area contributed by atoms with Crippen LogP contribution in [0, 0.1) is 0 Å². The maximum atomic E-state index is 12.4. The van der Waals surface area contributed by atoms with E-state index in [0.717, 1.165) is 5.56 Å². The number of benzene rings is 2. The van der Waals surface area contributed by atoms with Gasteiger partial charge in [0.15, 0.2) is 11.5 Å². The highest BCUT2D eigenvalue weighted by molar-refractivity contribution is 5.96. The number of halogens is 1. The van der Waals surface area contributed by atoms with Gasteiger partial charge in [-0.3, -0.25) is 4.79 Å². The molecular weight excluding hydrogens is 344 g/mol. The number of ether oxygens (including phenoxy) is 3. The zero-order chi connectivity index (χ0) is 17.1. The molecule has 1 amide bonds. The molecule has 0 radical (unpaired) electrons. The second-order valence-electron chi connectivity index (χ2n) is 5.79. The summed E-state index contributed by atoms with van der Waals surface area (Å²) < 4.78 is 16.3. The molecule has 1 heterocycles. The van der Waals surface area contributed by atoms with Gasteiger partial charge in [-0.1, -0.05) is 18.2 Å². The molecule has 0 unspecified atom stereocenters. The topological polar surface area (TPSA) is 82.8 Å². The Morgan fingerprint density at radius 3 is 2.64 bits per heavy atom. The van der Waals surface area contributed by atoms with Crippen LogP contribution in [0.1, 0.15) is 19.4 Å². The van der Waals surface area contributed by atoms with Gasteiger partial charge in [-0.05, 0) is 19.9 Å². The largest absolute Gasteiger partial charge is 0.491 e.